The summed E-state index contributed by atoms with van der Waals surface area (Å²) < 4.78 is 13.2. The van der Waals surface area contributed by atoms with Gasteiger partial charge in [-0.05, 0) is 88.4 Å². The predicted molar refractivity (Wildman–Crippen MR) is 154 cm³/mol. The summed E-state index contributed by atoms with van der Waals surface area (Å²) in [6.45, 7) is 9.55. The van der Waals surface area contributed by atoms with Crippen LogP contribution in [0.25, 0.3) is 0 Å². The van der Waals surface area contributed by atoms with Gasteiger partial charge in [-0.2, -0.15) is 0 Å². The second kappa shape index (κ2) is 17.5. The van der Waals surface area contributed by atoms with E-state index in [4.69, 9.17) is 9.47 Å². The van der Waals surface area contributed by atoms with Gasteiger partial charge in [-0.15, -0.1) is 0 Å². The Labute approximate surface area is 239 Å². The van der Waals surface area contributed by atoms with E-state index in [1.165, 1.54) is 25.7 Å². The largest absolute Gasteiger partial charge is 0.462 e. The quantitative estimate of drug-likeness (QED) is 0.0735. The predicted octanol–water partition coefficient (Wildman–Crippen LogP) is 10.3. The number of halogens is 4. The summed E-state index contributed by atoms with van der Waals surface area (Å²) in [7, 11) is 0. The monoisotopic (exact) mass is 730 g/mol. The molecule has 1 rings (SSSR count). The zero-order chi connectivity index (χ0) is 25.7. The summed E-state index contributed by atoms with van der Waals surface area (Å²) >= 11 is 13.9. The van der Waals surface area contributed by atoms with Crippen LogP contribution >= 0.6 is 63.7 Å². The number of carbonyl (C=O) groups excluding carboxylic acids is 2. The van der Waals surface area contributed by atoms with Crippen LogP contribution in [0.3, 0.4) is 0 Å². The first-order chi connectivity index (χ1) is 16.1. The molecule has 0 saturated heterocycles. The fourth-order valence-electron chi connectivity index (χ4n) is 3.51. The van der Waals surface area contributed by atoms with E-state index in [0.29, 0.717) is 42.9 Å². The Morgan fingerprint density at radius 3 is 1.21 bits per heavy atom. The lowest BCUT2D eigenvalue weighted by Gasteiger charge is -2.16. The van der Waals surface area contributed by atoms with Crippen LogP contribution in [0.4, 0.5) is 0 Å². The van der Waals surface area contributed by atoms with Gasteiger partial charge in [-0.1, -0.05) is 79.1 Å². The highest BCUT2D eigenvalue weighted by molar-refractivity contribution is 9.15. The molecule has 0 heterocycles. The molecule has 0 aromatic heterocycles. The normalized spacial score (nSPS) is 11.4. The van der Waals surface area contributed by atoms with E-state index in [0.717, 1.165) is 38.5 Å². The highest BCUT2D eigenvalue weighted by atomic mass is 79.9. The standard InChI is InChI=1S/C26H38Br4O4/c1-17(2)13-9-5-7-11-15-33-25(31)19-20(22(28)24(30)23(29)21(19)27)26(32)34-16-12-8-6-10-14-18(3)4/h17-18H,5-16H2,1-4H3. The molecule has 0 aliphatic carbocycles. The minimum atomic E-state index is -0.538. The van der Waals surface area contributed by atoms with Crippen LogP contribution in [-0.2, 0) is 9.47 Å². The van der Waals surface area contributed by atoms with E-state index in [-0.39, 0.29) is 11.1 Å². The number of hydrogen-bond acceptors (Lipinski definition) is 4. The SMILES string of the molecule is CC(C)CCCCCCOC(=O)c1c(Br)c(Br)c(Br)c(Br)c1C(=O)OCCCCCCC(C)C. The second-order valence-electron chi connectivity index (χ2n) is 9.47. The summed E-state index contributed by atoms with van der Waals surface area (Å²) in [6.07, 6.45) is 10.7. The highest BCUT2D eigenvalue weighted by Gasteiger charge is 2.30. The van der Waals surface area contributed by atoms with Crippen LogP contribution < -0.4 is 0 Å². The van der Waals surface area contributed by atoms with Crippen molar-refractivity contribution >= 4 is 75.7 Å². The molecule has 0 spiro atoms. The molecular weight excluding hydrogens is 696 g/mol. The van der Waals surface area contributed by atoms with Gasteiger partial charge in [0.25, 0.3) is 0 Å². The summed E-state index contributed by atoms with van der Waals surface area (Å²) in [5.74, 6) is 0.354. The Morgan fingerprint density at radius 2 is 0.882 bits per heavy atom. The Balaban J connectivity index is 2.73. The van der Waals surface area contributed by atoms with Crippen molar-refractivity contribution in [3.8, 4) is 0 Å². The zero-order valence-corrected chi connectivity index (χ0v) is 27.1. The molecule has 0 bridgehead atoms. The fraction of sp³-hybridized carbons (Fsp3) is 0.692. The summed E-state index contributed by atoms with van der Waals surface area (Å²) in [4.78, 5) is 25.9. The molecule has 0 N–H and O–H groups in total. The van der Waals surface area contributed by atoms with Crippen molar-refractivity contribution in [2.24, 2.45) is 11.8 Å². The van der Waals surface area contributed by atoms with Crippen LogP contribution in [0.2, 0.25) is 0 Å². The summed E-state index contributed by atoms with van der Waals surface area (Å²) in [5, 5.41) is 0. The van der Waals surface area contributed by atoms with Crippen molar-refractivity contribution in [2.75, 3.05) is 13.2 Å². The van der Waals surface area contributed by atoms with Crippen LogP contribution in [0.1, 0.15) is 113 Å². The zero-order valence-electron chi connectivity index (χ0n) is 20.8. The van der Waals surface area contributed by atoms with Crippen molar-refractivity contribution in [1.82, 2.24) is 0 Å². The number of rotatable bonds is 16. The van der Waals surface area contributed by atoms with E-state index >= 15 is 0 Å². The van der Waals surface area contributed by atoms with Gasteiger partial charge in [-0.3, -0.25) is 0 Å². The van der Waals surface area contributed by atoms with Crippen LogP contribution in [0.15, 0.2) is 17.9 Å². The third-order valence-electron chi connectivity index (χ3n) is 5.49. The highest BCUT2D eigenvalue weighted by Crippen LogP contribution is 2.42. The number of carbonyl (C=O) groups is 2. The molecule has 194 valence electrons. The first-order valence-corrected chi connectivity index (χ1v) is 15.4. The van der Waals surface area contributed by atoms with Gasteiger partial charge in [0.1, 0.15) is 0 Å². The average molecular weight is 734 g/mol. The third-order valence-corrected chi connectivity index (χ3v) is 10.3. The van der Waals surface area contributed by atoms with Gasteiger partial charge < -0.3 is 9.47 Å². The van der Waals surface area contributed by atoms with Crippen molar-refractivity contribution in [2.45, 2.75) is 91.9 Å². The Morgan fingerprint density at radius 1 is 0.559 bits per heavy atom. The second-order valence-corrected chi connectivity index (χ2v) is 12.6. The lowest BCUT2D eigenvalue weighted by molar-refractivity contribution is 0.0448. The smallest absolute Gasteiger partial charge is 0.340 e. The van der Waals surface area contributed by atoms with Crippen molar-refractivity contribution in [3.05, 3.63) is 29.0 Å². The van der Waals surface area contributed by atoms with Gasteiger partial charge in [-0.25, -0.2) is 9.59 Å². The molecule has 0 radical (unpaired) electrons. The number of benzene rings is 1. The summed E-state index contributed by atoms with van der Waals surface area (Å²) in [5.41, 5.74) is 0.340. The lowest BCUT2D eigenvalue weighted by atomic mass is 10.0. The van der Waals surface area contributed by atoms with Gasteiger partial charge in [0.15, 0.2) is 0 Å². The molecule has 8 heteroatoms. The van der Waals surface area contributed by atoms with Crippen molar-refractivity contribution in [1.29, 1.82) is 0 Å². The Bertz CT molecular complexity index is 729. The van der Waals surface area contributed by atoms with E-state index < -0.39 is 11.9 Å². The maximum Gasteiger partial charge on any atom is 0.340 e. The third kappa shape index (κ3) is 11.4. The molecule has 0 atom stereocenters. The molecule has 1 aromatic carbocycles. The number of unbranched alkanes of at least 4 members (excludes halogenated alkanes) is 6. The van der Waals surface area contributed by atoms with E-state index in [1.807, 2.05) is 0 Å². The average Bonchev–Trinajstić information content (AvgIpc) is 2.77. The molecule has 1 aromatic rings. The molecule has 0 saturated carbocycles. The fourth-order valence-corrected chi connectivity index (χ4v) is 5.95. The summed E-state index contributed by atoms with van der Waals surface area (Å²) in [6, 6.07) is 0. The molecule has 0 aliphatic heterocycles. The van der Waals surface area contributed by atoms with Crippen molar-refractivity contribution < 1.29 is 19.1 Å². The minimum Gasteiger partial charge on any atom is -0.462 e. The minimum absolute atomic E-state index is 0.170. The molecule has 0 aliphatic rings. The van der Waals surface area contributed by atoms with Crippen LogP contribution in [-0.4, -0.2) is 25.2 Å². The maximum absolute atomic E-state index is 13.0. The molecule has 0 amide bonds. The van der Waals surface area contributed by atoms with Crippen molar-refractivity contribution in [3.63, 3.8) is 0 Å². The van der Waals surface area contributed by atoms with E-state index in [2.05, 4.69) is 91.4 Å². The first kappa shape index (κ1) is 32.1. The molecule has 0 fully saturated rings. The molecular formula is C26H38Br4O4. The number of hydrogen-bond donors (Lipinski definition) is 0. The molecule has 4 nitrogen and oxygen atoms in total. The maximum atomic E-state index is 13.0. The van der Waals surface area contributed by atoms with Crippen LogP contribution in [0, 0.1) is 11.8 Å². The topological polar surface area (TPSA) is 52.6 Å². The molecule has 0 unspecified atom stereocenters. The Kier molecular flexibility index (Phi) is 16.5. The lowest BCUT2D eigenvalue weighted by Crippen LogP contribution is -2.17. The van der Waals surface area contributed by atoms with Gasteiger partial charge in [0.2, 0.25) is 0 Å². The van der Waals surface area contributed by atoms with Gasteiger partial charge in [0.05, 0.1) is 24.3 Å². The van der Waals surface area contributed by atoms with E-state index in [1.54, 1.807) is 0 Å². The van der Waals surface area contributed by atoms with E-state index in [9.17, 15) is 9.59 Å². The van der Waals surface area contributed by atoms with Gasteiger partial charge >= 0.3 is 11.9 Å². The van der Waals surface area contributed by atoms with Gasteiger partial charge in [0, 0.05) is 17.9 Å². The molecule has 34 heavy (non-hydrogen) atoms. The van der Waals surface area contributed by atoms with Crippen LogP contribution in [0.5, 0.6) is 0 Å². The number of ether oxygens (including phenoxy) is 2. The number of esters is 2. The Hall–Kier alpha value is 0.0800. The first-order valence-electron chi connectivity index (χ1n) is 12.3.